The van der Waals surface area contributed by atoms with Crippen molar-refractivity contribution >= 4 is 5.97 Å². The Hall–Kier alpha value is -2.34. The Labute approximate surface area is 113 Å². The van der Waals surface area contributed by atoms with Crippen LogP contribution in [-0.2, 0) is 4.79 Å². The molecule has 0 radical (unpaired) electrons. The summed E-state index contributed by atoms with van der Waals surface area (Å²) in [7, 11) is 0. The number of para-hydroxylation sites is 1. The van der Waals surface area contributed by atoms with Gasteiger partial charge in [0, 0.05) is 0 Å². The van der Waals surface area contributed by atoms with Gasteiger partial charge in [-0.05, 0) is 45.9 Å². The molecule has 0 aromatic heterocycles. The minimum atomic E-state index is -0.441. The normalized spacial score (nSPS) is 9.21. The van der Waals surface area contributed by atoms with E-state index in [-0.39, 0.29) is 5.75 Å². The molecule has 0 aliphatic heterocycles. The van der Waals surface area contributed by atoms with Crippen molar-refractivity contribution in [1.29, 1.82) is 5.26 Å². The molecule has 0 atom stereocenters. The van der Waals surface area contributed by atoms with Crippen molar-refractivity contribution in [2.45, 2.75) is 27.7 Å². The number of hydrogen-bond donors (Lipinski definition) is 0. The monoisotopic (exact) mass is 255 g/mol. The van der Waals surface area contributed by atoms with Gasteiger partial charge < -0.3 is 4.74 Å². The summed E-state index contributed by atoms with van der Waals surface area (Å²) < 4.78 is 5.30. The number of nitrogens with zero attached hydrogens (tertiary/aromatic N) is 1. The lowest BCUT2D eigenvalue weighted by molar-refractivity contribution is -0.129. The Kier molecular flexibility index (Phi) is 5.08. The van der Waals surface area contributed by atoms with Crippen molar-refractivity contribution in [3.05, 3.63) is 52.6 Å². The average molecular weight is 255 g/mol. The van der Waals surface area contributed by atoms with Crippen LogP contribution in [0.3, 0.4) is 0 Å². The summed E-state index contributed by atoms with van der Waals surface area (Å²) in [6.07, 6.45) is 1.78. The van der Waals surface area contributed by atoms with Gasteiger partial charge in [-0.25, -0.2) is 4.79 Å². The summed E-state index contributed by atoms with van der Waals surface area (Å²) in [5.74, 6) is -0.153. The van der Waals surface area contributed by atoms with Crippen LogP contribution < -0.4 is 4.74 Å². The van der Waals surface area contributed by atoms with Gasteiger partial charge in [-0.3, -0.25) is 0 Å². The van der Waals surface area contributed by atoms with Gasteiger partial charge in [0.1, 0.15) is 11.8 Å². The van der Waals surface area contributed by atoms with Crippen molar-refractivity contribution in [2.75, 3.05) is 0 Å². The van der Waals surface area contributed by atoms with Gasteiger partial charge in [0.15, 0.2) is 0 Å². The van der Waals surface area contributed by atoms with Crippen LogP contribution >= 0.6 is 0 Å². The van der Waals surface area contributed by atoms with E-state index in [4.69, 9.17) is 10.00 Å². The maximum atomic E-state index is 12.1. The minimum Gasteiger partial charge on any atom is -0.422 e. The van der Waals surface area contributed by atoms with Gasteiger partial charge in [0.25, 0.3) is 0 Å². The van der Waals surface area contributed by atoms with E-state index < -0.39 is 5.97 Å². The highest BCUT2D eigenvalue weighted by molar-refractivity contribution is 5.94. The molecule has 0 unspecified atom stereocenters. The molecule has 1 aromatic carbocycles. The maximum Gasteiger partial charge on any atom is 0.343 e. The van der Waals surface area contributed by atoms with Crippen LogP contribution in [0.2, 0.25) is 0 Å². The van der Waals surface area contributed by atoms with E-state index in [1.807, 2.05) is 33.8 Å². The lowest BCUT2D eigenvalue weighted by Crippen LogP contribution is -2.12. The van der Waals surface area contributed by atoms with E-state index in [1.54, 1.807) is 30.3 Å². The molecule has 3 heteroatoms. The lowest BCUT2D eigenvalue weighted by atomic mass is 10.1. The third-order valence-corrected chi connectivity index (χ3v) is 2.40. The Balaban J connectivity index is 3.06. The molecule has 0 bridgehead atoms. The smallest absolute Gasteiger partial charge is 0.343 e. The van der Waals surface area contributed by atoms with Crippen LogP contribution in [0, 0.1) is 11.3 Å². The SMILES string of the molecule is CC(C)=CC(C(=O)Oc1ccccc1C#N)=C(C)C. The number of carbonyl (C=O) groups excluding carboxylic acids is 1. The minimum absolute atomic E-state index is 0.288. The highest BCUT2D eigenvalue weighted by Crippen LogP contribution is 2.19. The molecule has 0 aliphatic rings. The number of benzene rings is 1. The fraction of sp³-hybridized carbons (Fsp3) is 0.250. The molecule has 19 heavy (non-hydrogen) atoms. The van der Waals surface area contributed by atoms with E-state index in [1.165, 1.54) is 0 Å². The van der Waals surface area contributed by atoms with Crippen molar-refractivity contribution in [2.24, 2.45) is 0 Å². The third-order valence-electron chi connectivity index (χ3n) is 2.40. The van der Waals surface area contributed by atoms with E-state index in [2.05, 4.69) is 0 Å². The first-order valence-corrected chi connectivity index (χ1v) is 5.99. The summed E-state index contributed by atoms with van der Waals surface area (Å²) in [4.78, 5) is 12.1. The molecule has 3 nitrogen and oxygen atoms in total. The van der Waals surface area contributed by atoms with Crippen LogP contribution in [0.4, 0.5) is 0 Å². The predicted molar refractivity (Wildman–Crippen MR) is 74.6 cm³/mol. The van der Waals surface area contributed by atoms with Crippen molar-refractivity contribution in [1.82, 2.24) is 0 Å². The summed E-state index contributed by atoms with van der Waals surface area (Å²) in [5, 5.41) is 8.96. The first kappa shape index (κ1) is 14.7. The lowest BCUT2D eigenvalue weighted by Gasteiger charge is -2.08. The van der Waals surface area contributed by atoms with Gasteiger partial charge in [-0.15, -0.1) is 0 Å². The van der Waals surface area contributed by atoms with Gasteiger partial charge in [-0.1, -0.05) is 23.3 Å². The third kappa shape index (κ3) is 4.11. The number of hydrogen-bond acceptors (Lipinski definition) is 3. The first-order valence-electron chi connectivity index (χ1n) is 5.99. The van der Waals surface area contributed by atoms with Crippen LogP contribution in [0.15, 0.2) is 47.1 Å². The summed E-state index contributed by atoms with van der Waals surface area (Å²) in [5.41, 5.74) is 2.76. The van der Waals surface area contributed by atoms with Crippen LogP contribution in [0.5, 0.6) is 5.75 Å². The Morgan fingerprint density at radius 1 is 1.21 bits per heavy atom. The second kappa shape index (κ2) is 6.55. The number of carbonyl (C=O) groups is 1. The highest BCUT2D eigenvalue weighted by Gasteiger charge is 2.13. The zero-order chi connectivity index (χ0) is 14.4. The second-order valence-corrected chi connectivity index (χ2v) is 4.63. The number of nitriles is 1. The van der Waals surface area contributed by atoms with E-state index in [0.717, 1.165) is 11.1 Å². The summed E-state index contributed by atoms with van der Waals surface area (Å²) >= 11 is 0. The number of allylic oxidation sites excluding steroid dienone is 2. The standard InChI is InChI=1S/C16H17NO2/c1-11(2)9-14(12(3)4)16(18)19-15-8-6-5-7-13(15)10-17/h5-9H,1-4H3. The molecule has 0 aliphatic carbocycles. The predicted octanol–water partition coefficient (Wildman–Crippen LogP) is 3.77. The molecule has 0 spiro atoms. The molecule has 1 aromatic rings. The fourth-order valence-corrected chi connectivity index (χ4v) is 1.50. The van der Waals surface area contributed by atoms with E-state index in [0.29, 0.717) is 11.1 Å². The van der Waals surface area contributed by atoms with Gasteiger partial charge >= 0.3 is 5.97 Å². The van der Waals surface area contributed by atoms with Crippen molar-refractivity contribution in [3.8, 4) is 11.8 Å². The molecule has 0 N–H and O–H groups in total. The Bertz CT molecular complexity index is 581. The zero-order valence-corrected chi connectivity index (χ0v) is 11.7. The number of ether oxygens (including phenoxy) is 1. The Morgan fingerprint density at radius 2 is 1.84 bits per heavy atom. The number of esters is 1. The fourth-order valence-electron chi connectivity index (χ4n) is 1.50. The molecule has 1 rings (SSSR count). The first-order chi connectivity index (χ1) is 8.95. The molecule has 98 valence electrons. The average Bonchev–Trinajstić information content (AvgIpc) is 2.36. The quantitative estimate of drug-likeness (QED) is 0.357. The molecular weight excluding hydrogens is 238 g/mol. The highest BCUT2D eigenvalue weighted by atomic mass is 16.5. The van der Waals surface area contributed by atoms with Crippen molar-refractivity contribution < 1.29 is 9.53 Å². The molecule has 0 saturated carbocycles. The van der Waals surface area contributed by atoms with Gasteiger partial charge in [-0.2, -0.15) is 5.26 Å². The van der Waals surface area contributed by atoms with Crippen LogP contribution in [0.1, 0.15) is 33.3 Å². The van der Waals surface area contributed by atoms with Crippen LogP contribution in [0.25, 0.3) is 0 Å². The summed E-state index contributed by atoms with van der Waals surface area (Å²) in [6, 6.07) is 8.69. The van der Waals surface area contributed by atoms with Gasteiger partial charge in [0.2, 0.25) is 0 Å². The zero-order valence-electron chi connectivity index (χ0n) is 11.7. The molecule has 0 amide bonds. The topological polar surface area (TPSA) is 50.1 Å². The maximum absolute atomic E-state index is 12.1. The van der Waals surface area contributed by atoms with Gasteiger partial charge in [0.05, 0.1) is 11.1 Å². The van der Waals surface area contributed by atoms with E-state index in [9.17, 15) is 4.79 Å². The van der Waals surface area contributed by atoms with Crippen molar-refractivity contribution in [3.63, 3.8) is 0 Å². The number of rotatable bonds is 3. The Morgan fingerprint density at radius 3 is 2.37 bits per heavy atom. The second-order valence-electron chi connectivity index (χ2n) is 4.63. The largest absolute Gasteiger partial charge is 0.422 e. The van der Waals surface area contributed by atoms with E-state index >= 15 is 0 Å². The molecule has 0 fully saturated rings. The molecule has 0 heterocycles. The molecular formula is C16H17NO2. The summed E-state index contributed by atoms with van der Waals surface area (Å²) in [6.45, 7) is 7.54. The molecule has 0 saturated heterocycles. The van der Waals surface area contributed by atoms with Crippen LogP contribution in [-0.4, -0.2) is 5.97 Å².